The second kappa shape index (κ2) is 1.90. The predicted molar refractivity (Wildman–Crippen MR) is 35.7 cm³/mol. The molecule has 1 rings (SSSR count). The molecule has 0 amide bonds. The third kappa shape index (κ3) is 1.33. The van der Waals surface area contributed by atoms with Crippen LogP contribution >= 0.6 is 11.9 Å². The van der Waals surface area contributed by atoms with Crippen molar-refractivity contribution in [1.29, 1.82) is 0 Å². The van der Waals surface area contributed by atoms with Crippen LogP contribution in [0.5, 0.6) is 0 Å². The molecule has 2 nitrogen and oxygen atoms in total. The van der Waals surface area contributed by atoms with E-state index in [9.17, 15) is 0 Å². The van der Waals surface area contributed by atoms with Gasteiger partial charge in [-0.15, -0.1) is 4.52 Å². The molecule has 8 heavy (non-hydrogen) atoms. The fourth-order valence-corrected chi connectivity index (χ4v) is 1.09. The highest BCUT2D eigenvalue weighted by Crippen LogP contribution is 2.21. The molecule has 0 bridgehead atoms. The van der Waals surface area contributed by atoms with E-state index in [1.54, 1.807) is 0 Å². The van der Waals surface area contributed by atoms with E-state index in [1.807, 2.05) is 25.3 Å². The van der Waals surface area contributed by atoms with E-state index in [0.29, 0.717) is 0 Å². The van der Waals surface area contributed by atoms with Crippen molar-refractivity contribution >= 4 is 11.9 Å². The van der Waals surface area contributed by atoms with Gasteiger partial charge in [0, 0.05) is 11.9 Å². The van der Waals surface area contributed by atoms with Gasteiger partial charge in [-0.05, 0) is 25.3 Å². The van der Waals surface area contributed by atoms with Crippen molar-refractivity contribution < 1.29 is 0 Å². The maximum Gasteiger partial charge on any atom is 0.0959 e. The molecule has 0 aromatic carbocycles. The van der Waals surface area contributed by atoms with Gasteiger partial charge in [-0.3, -0.25) is 0 Å². The molecule has 0 N–H and O–H groups in total. The highest BCUT2D eigenvalue weighted by atomic mass is 32.2. The quantitative estimate of drug-likeness (QED) is 0.460. The second-order valence-corrected chi connectivity index (χ2v) is 2.89. The maximum absolute atomic E-state index is 3.96. The molecule has 0 fully saturated rings. The lowest BCUT2D eigenvalue weighted by Gasteiger charge is -2.13. The van der Waals surface area contributed by atoms with Crippen LogP contribution in [0.25, 0.3) is 0 Å². The van der Waals surface area contributed by atoms with E-state index in [0.717, 1.165) is 0 Å². The Labute approximate surface area is 53.2 Å². The van der Waals surface area contributed by atoms with Gasteiger partial charge in [0.1, 0.15) is 0 Å². The summed E-state index contributed by atoms with van der Waals surface area (Å²) in [5.74, 6) is 0. The fraction of sp³-hybridized carbons (Fsp3) is 0.600. The molecule has 0 unspecified atom stereocenters. The molecule has 0 spiro atoms. The van der Waals surface area contributed by atoms with Crippen LogP contribution in [0.15, 0.2) is 21.1 Å². The molecule has 3 heteroatoms. The van der Waals surface area contributed by atoms with Crippen molar-refractivity contribution in [2.45, 2.75) is 19.4 Å². The minimum Gasteiger partial charge on any atom is -0.171 e. The first kappa shape index (κ1) is 5.82. The topological polar surface area (TPSA) is 24.7 Å². The lowest BCUT2D eigenvalue weighted by Crippen LogP contribution is -2.11. The third-order valence-corrected chi connectivity index (χ3v) is 1.32. The van der Waals surface area contributed by atoms with Gasteiger partial charge >= 0.3 is 0 Å². The largest absolute Gasteiger partial charge is 0.171 e. The summed E-state index contributed by atoms with van der Waals surface area (Å²) in [6.45, 7) is 4.04. The number of nitrogens with zero attached hydrogens (tertiary/aromatic N) is 2. The zero-order chi connectivity index (χ0) is 6.04. The Balaban J connectivity index is 2.69. The Morgan fingerprint density at radius 1 is 1.50 bits per heavy atom. The summed E-state index contributed by atoms with van der Waals surface area (Å²) >= 11 is 1.37. The molecule has 0 radical (unpaired) electrons. The monoisotopic (exact) mass is 128 g/mol. The summed E-state index contributed by atoms with van der Waals surface area (Å²) in [5.41, 5.74) is -0.0642. The summed E-state index contributed by atoms with van der Waals surface area (Å²) in [7, 11) is 0. The molecule has 0 aliphatic carbocycles. The average Bonchev–Trinajstić information content (AvgIpc) is 1.65. The molecule has 44 valence electrons. The molecule has 0 aromatic heterocycles. The highest BCUT2D eigenvalue weighted by molar-refractivity contribution is 8.00. The Hall–Kier alpha value is -0.310. The normalized spacial score (nSPS) is 23.8. The van der Waals surface area contributed by atoms with Crippen LogP contribution in [-0.2, 0) is 0 Å². The lowest BCUT2D eigenvalue weighted by atomic mass is 10.1. The smallest absolute Gasteiger partial charge is 0.0959 e. The molecule has 0 atom stereocenters. The number of hydrogen-bond acceptors (Lipinski definition) is 3. The first-order valence-corrected chi connectivity index (χ1v) is 3.30. The van der Waals surface area contributed by atoms with Crippen LogP contribution in [0.2, 0.25) is 0 Å². The summed E-state index contributed by atoms with van der Waals surface area (Å²) in [6, 6.07) is 0. The first-order chi connectivity index (χ1) is 3.71. The zero-order valence-electron chi connectivity index (χ0n) is 4.96. The molecular weight excluding hydrogens is 120 g/mol. The van der Waals surface area contributed by atoms with E-state index >= 15 is 0 Å². The molecule has 1 aliphatic heterocycles. The van der Waals surface area contributed by atoms with E-state index < -0.39 is 0 Å². The van der Waals surface area contributed by atoms with Gasteiger partial charge in [0.2, 0.25) is 0 Å². The van der Waals surface area contributed by atoms with Crippen LogP contribution in [0, 0.1) is 0 Å². The molecular formula is C5H8N2S. The van der Waals surface area contributed by atoms with Crippen molar-refractivity contribution in [3.05, 3.63) is 11.5 Å². The summed E-state index contributed by atoms with van der Waals surface area (Å²) in [5, 5.41) is 5.91. The minimum atomic E-state index is -0.0642. The standard InChI is InChI=1S/C5H8N2S/c1-5(2)3-4-8-7-6-5/h3-4H,1-2H3. The van der Waals surface area contributed by atoms with Gasteiger partial charge in [-0.2, -0.15) is 5.11 Å². The van der Waals surface area contributed by atoms with E-state index in [4.69, 9.17) is 0 Å². The molecule has 0 saturated carbocycles. The van der Waals surface area contributed by atoms with E-state index in [2.05, 4.69) is 9.63 Å². The van der Waals surface area contributed by atoms with Crippen molar-refractivity contribution in [2.75, 3.05) is 0 Å². The van der Waals surface area contributed by atoms with Gasteiger partial charge in [0.05, 0.1) is 5.54 Å². The third-order valence-electron chi connectivity index (χ3n) is 0.882. The lowest BCUT2D eigenvalue weighted by molar-refractivity contribution is 0.625. The Kier molecular flexibility index (Phi) is 1.38. The Bertz CT molecular complexity index is 123. The molecule has 0 aromatic rings. The zero-order valence-corrected chi connectivity index (χ0v) is 5.77. The maximum atomic E-state index is 3.96. The SMILES string of the molecule is CC1(C)C=CSN=N1. The van der Waals surface area contributed by atoms with Gasteiger partial charge in [0.25, 0.3) is 0 Å². The van der Waals surface area contributed by atoms with Gasteiger partial charge < -0.3 is 0 Å². The van der Waals surface area contributed by atoms with E-state index in [1.165, 1.54) is 11.9 Å². The van der Waals surface area contributed by atoms with Crippen LogP contribution in [0.4, 0.5) is 0 Å². The van der Waals surface area contributed by atoms with Crippen LogP contribution < -0.4 is 0 Å². The number of hydrogen-bond donors (Lipinski definition) is 0. The number of rotatable bonds is 0. The van der Waals surface area contributed by atoms with Crippen molar-refractivity contribution in [2.24, 2.45) is 9.63 Å². The summed E-state index contributed by atoms with van der Waals surface area (Å²) in [6.07, 6.45) is 2.03. The first-order valence-electron chi connectivity index (χ1n) is 2.46. The van der Waals surface area contributed by atoms with Gasteiger partial charge in [-0.1, -0.05) is 0 Å². The molecule has 1 heterocycles. The highest BCUT2D eigenvalue weighted by Gasteiger charge is 2.13. The van der Waals surface area contributed by atoms with Crippen LogP contribution in [-0.4, -0.2) is 5.54 Å². The Morgan fingerprint density at radius 2 is 2.25 bits per heavy atom. The van der Waals surface area contributed by atoms with Crippen LogP contribution in [0.3, 0.4) is 0 Å². The molecule has 0 saturated heterocycles. The second-order valence-electron chi connectivity index (χ2n) is 2.24. The van der Waals surface area contributed by atoms with Crippen molar-refractivity contribution in [3.63, 3.8) is 0 Å². The summed E-state index contributed by atoms with van der Waals surface area (Å²) in [4.78, 5) is 0. The Morgan fingerprint density at radius 3 is 2.50 bits per heavy atom. The van der Waals surface area contributed by atoms with Gasteiger partial charge in [-0.25, -0.2) is 0 Å². The summed E-state index contributed by atoms with van der Waals surface area (Å²) < 4.78 is 3.78. The predicted octanol–water partition coefficient (Wildman–Crippen LogP) is 2.39. The van der Waals surface area contributed by atoms with Crippen LogP contribution in [0.1, 0.15) is 13.8 Å². The van der Waals surface area contributed by atoms with E-state index in [-0.39, 0.29) is 5.54 Å². The average molecular weight is 128 g/mol. The van der Waals surface area contributed by atoms with Gasteiger partial charge in [0.15, 0.2) is 0 Å². The fourth-order valence-electron chi connectivity index (χ4n) is 0.386. The molecule has 1 aliphatic rings. The van der Waals surface area contributed by atoms with Crippen molar-refractivity contribution in [3.8, 4) is 0 Å². The van der Waals surface area contributed by atoms with Crippen molar-refractivity contribution in [1.82, 2.24) is 0 Å². The minimum absolute atomic E-state index is 0.0642.